The molecule has 0 fully saturated rings. The third-order valence-electron chi connectivity index (χ3n) is 2.20. The maximum atomic E-state index is 4.10. The first-order chi connectivity index (χ1) is 7.77. The highest BCUT2D eigenvalue weighted by Crippen LogP contribution is 2.22. The zero-order chi connectivity index (χ0) is 11.5. The Morgan fingerprint density at radius 3 is 2.69 bits per heavy atom. The summed E-state index contributed by atoms with van der Waals surface area (Å²) >= 11 is 3.41. The van der Waals surface area contributed by atoms with Gasteiger partial charge in [-0.15, -0.1) is 5.10 Å². The molecule has 80 valence electrons. The van der Waals surface area contributed by atoms with Crippen molar-refractivity contribution in [1.29, 1.82) is 0 Å². The van der Waals surface area contributed by atoms with Gasteiger partial charge in [0.2, 0.25) is 0 Å². The third-order valence-corrected chi connectivity index (χ3v) is 2.93. The zero-order valence-corrected chi connectivity index (χ0v) is 10.2. The first-order valence-corrected chi connectivity index (χ1v) is 5.52. The second kappa shape index (κ2) is 4.45. The van der Waals surface area contributed by atoms with Crippen LogP contribution in [0.3, 0.4) is 0 Å². The minimum atomic E-state index is 0.823. The van der Waals surface area contributed by atoms with Crippen molar-refractivity contribution in [3.63, 3.8) is 0 Å². The zero-order valence-electron chi connectivity index (χ0n) is 8.60. The maximum Gasteiger partial charge on any atom is 0.113 e. The van der Waals surface area contributed by atoms with E-state index in [1.165, 1.54) is 0 Å². The minimum Gasteiger partial charge on any atom is -0.212 e. The molecule has 0 atom stereocenters. The number of benzene rings is 1. The molecule has 0 spiro atoms. The van der Waals surface area contributed by atoms with Crippen molar-refractivity contribution in [2.45, 2.75) is 0 Å². The molecule has 2 aromatic rings. The van der Waals surface area contributed by atoms with Crippen molar-refractivity contribution >= 4 is 32.7 Å². The summed E-state index contributed by atoms with van der Waals surface area (Å²) in [6.07, 6.45) is 3.42. The average Bonchev–Trinajstić information content (AvgIpc) is 2.74. The van der Waals surface area contributed by atoms with Crippen LogP contribution in [0, 0.1) is 0 Å². The second-order valence-corrected chi connectivity index (χ2v) is 3.99. The predicted octanol–water partition coefficient (Wildman–Crippen LogP) is 3.37. The molecule has 0 amide bonds. The Morgan fingerprint density at radius 1 is 1.25 bits per heavy atom. The number of hydrogen-bond donors (Lipinski definition) is 0. The molecule has 2 rings (SSSR count). The van der Waals surface area contributed by atoms with Crippen molar-refractivity contribution in [2.75, 3.05) is 0 Å². The number of allylic oxidation sites excluding steroid dienone is 4. The molecule has 1 heterocycles. The molecule has 1 aromatic carbocycles. The van der Waals surface area contributed by atoms with Gasteiger partial charge in [0.25, 0.3) is 0 Å². The highest BCUT2D eigenvalue weighted by Gasteiger charge is 2.07. The van der Waals surface area contributed by atoms with Crippen LogP contribution in [0.25, 0.3) is 16.7 Å². The molecule has 3 nitrogen and oxygen atoms in total. The molecule has 0 N–H and O–H groups in total. The Labute approximate surface area is 102 Å². The normalized spacial score (nSPS) is 12.3. The van der Waals surface area contributed by atoms with Crippen LogP contribution in [-0.2, 0) is 0 Å². The number of fused-ring (bicyclic) bond motifs is 1. The van der Waals surface area contributed by atoms with Gasteiger partial charge < -0.3 is 0 Å². The van der Waals surface area contributed by atoms with Crippen LogP contribution in [0.4, 0.5) is 0 Å². The van der Waals surface area contributed by atoms with Gasteiger partial charge in [-0.1, -0.05) is 36.6 Å². The molecular weight excluding hydrogens is 266 g/mol. The van der Waals surface area contributed by atoms with E-state index in [1.54, 1.807) is 16.8 Å². The third kappa shape index (κ3) is 1.72. The predicted molar refractivity (Wildman–Crippen MR) is 70.1 cm³/mol. The summed E-state index contributed by atoms with van der Waals surface area (Å²) in [6, 6.07) is 7.76. The van der Waals surface area contributed by atoms with Gasteiger partial charge in [-0.3, -0.25) is 0 Å². The highest BCUT2D eigenvalue weighted by molar-refractivity contribution is 9.12. The van der Waals surface area contributed by atoms with Gasteiger partial charge in [0.1, 0.15) is 5.52 Å². The fraction of sp³-hybridized carbons (Fsp3) is 0. The second-order valence-electron chi connectivity index (χ2n) is 3.13. The van der Waals surface area contributed by atoms with E-state index >= 15 is 0 Å². The van der Waals surface area contributed by atoms with Crippen molar-refractivity contribution in [1.82, 2.24) is 15.0 Å². The highest BCUT2D eigenvalue weighted by atomic mass is 79.9. The molecule has 0 aliphatic rings. The van der Waals surface area contributed by atoms with E-state index in [4.69, 9.17) is 0 Å². The standard InChI is InChI=1S/C12H10BrN3/c1-3-9(13)11(4-2)16-12-8-6-5-7-10(12)14-15-16/h3-8H,1-2H2/b11-9-. The Morgan fingerprint density at radius 2 is 2.00 bits per heavy atom. The molecule has 1 aromatic heterocycles. The molecule has 0 bridgehead atoms. The Kier molecular flexibility index (Phi) is 3.01. The molecule has 4 heteroatoms. The van der Waals surface area contributed by atoms with E-state index in [-0.39, 0.29) is 0 Å². The number of nitrogens with zero attached hydrogens (tertiary/aromatic N) is 3. The van der Waals surface area contributed by atoms with Crippen molar-refractivity contribution in [3.8, 4) is 0 Å². The van der Waals surface area contributed by atoms with Gasteiger partial charge >= 0.3 is 0 Å². The van der Waals surface area contributed by atoms with E-state index in [0.717, 1.165) is 21.2 Å². The summed E-state index contributed by atoms with van der Waals surface area (Å²) in [5, 5.41) is 8.18. The summed E-state index contributed by atoms with van der Waals surface area (Å²) in [5.74, 6) is 0. The number of hydrogen-bond acceptors (Lipinski definition) is 2. The van der Waals surface area contributed by atoms with Crippen LogP contribution < -0.4 is 0 Å². The summed E-state index contributed by atoms with van der Waals surface area (Å²) in [5.41, 5.74) is 2.62. The molecule has 0 saturated heterocycles. The van der Waals surface area contributed by atoms with Crippen LogP contribution in [0.2, 0.25) is 0 Å². The van der Waals surface area contributed by atoms with Crippen LogP contribution >= 0.6 is 15.9 Å². The smallest absolute Gasteiger partial charge is 0.113 e. The van der Waals surface area contributed by atoms with E-state index in [1.807, 2.05) is 24.3 Å². The van der Waals surface area contributed by atoms with E-state index in [9.17, 15) is 0 Å². The SMILES string of the molecule is C=C/C(Br)=C(\C=C)n1nnc2ccccc21. The van der Waals surface area contributed by atoms with Crippen LogP contribution in [0.5, 0.6) is 0 Å². The van der Waals surface area contributed by atoms with Gasteiger partial charge in [0.05, 0.1) is 11.2 Å². The van der Waals surface area contributed by atoms with Gasteiger partial charge in [0.15, 0.2) is 0 Å². The molecule has 0 saturated carbocycles. The van der Waals surface area contributed by atoms with Crippen LogP contribution in [0.15, 0.2) is 54.1 Å². The van der Waals surface area contributed by atoms with Crippen molar-refractivity contribution in [3.05, 3.63) is 54.1 Å². The fourth-order valence-electron chi connectivity index (χ4n) is 1.44. The topological polar surface area (TPSA) is 30.7 Å². The van der Waals surface area contributed by atoms with E-state index < -0.39 is 0 Å². The van der Waals surface area contributed by atoms with E-state index in [0.29, 0.717) is 0 Å². The fourth-order valence-corrected chi connectivity index (χ4v) is 1.77. The lowest BCUT2D eigenvalue weighted by Gasteiger charge is -2.04. The Bertz CT molecular complexity index is 581. The van der Waals surface area contributed by atoms with Crippen molar-refractivity contribution in [2.24, 2.45) is 0 Å². The van der Waals surface area contributed by atoms with Crippen molar-refractivity contribution < 1.29 is 0 Å². The largest absolute Gasteiger partial charge is 0.212 e. The van der Waals surface area contributed by atoms with E-state index in [2.05, 4.69) is 39.4 Å². The number of halogens is 1. The monoisotopic (exact) mass is 275 g/mol. The molecule has 0 unspecified atom stereocenters. The molecular formula is C12H10BrN3. The van der Waals surface area contributed by atoms with Gasteiger partial charge in [-0.25, -0.2) is 4.68 Å². The molecule has 0 aliphatic carbocycles. The van der Waals surface area contributed by atoms with Crippen LogP contribution in [0.1, 0.15) is 0 Å². The summed E-state index contributed by atoms with van der Waals surface area (Å²) in [7, 11) is 0. The lowest BCUT2D eigenvalue weighted by atomic mass is 10.3. The lowest BCUT2D eigenvalue weighted by Crippen LogP contribution is -1.98. The lowest BCUT2D eigenvalue weighted by molar-refractivity contribution is 0.844. The molecule has 16 heavy (non-hydrogen) atoms. The summed E-state index contributed by atoms with van der Waals surface area (Å²) in [4.78, 5) is 0. The quantitative estimate of drug-likeness (QED) is 0.805. The number of aromatic nitrogens is 3. The number of para-hydroxylation sites is 1. The molecule has 0 radical (unpaired) electrons. The minimum absolute atomic E-state index is 0.823. The van der Waals surface area contributed by atoms with Gasteiger partial charge in [-0.2, -0.15) is 0 Å². The Hall–Kier alpha value is -1.68. The first kappa shape index (κ1) is 10.8. The maximum absolute atomic E-state index is 4.10. The Balaban J connectivity index is 2.72. The van der Waals surface area contributed by atoms with Crippen LogP contribution in [-0.4, -0.2) is 15.0 Å². The summed E-state index contributed by atoms with van der Waals surface area (Å²) in [6.45, 7) is 7.47. The first-order valence-electron chi connectivity index (χ1n) is 4.73. The number of rotatable bonds is 3. The average molecular weight is 276 g/mol. The molecule has 0 aliphatic heterocycles. The van der Waals surface area contributed by atoms with Gasteiger partial charge in [0, 0.05) is 4.48 Å². The van der Waals surface area contributed by atoms with Gasteiger partial charge in [-0.05, 0) is 34.1 Å². The summed E-state index contributed by atoms with van der Waals surface area (Å²) < 4.78 is 2.56.